The van der Waals surface area contributed by atoms with Crippen LogP contribution in [0.4, 0.5) is 10.5 Å². The van der Waals surface area contributed by atoms with E-state index >= 15 is 0 Å². The average molecular weight is 221 g/mol. The number of hydrogen-bond acceptors (Lipinski definition) is 2. The van der Waals surface area contributed by atoms with E-state index in [4.69, 9.17) is 11.5 Å². The standard InChI is InChI=1S/C12H19N3O/c1-12(2,3)15(11(14)16)8-9-4-6-10(13)7-5-9/h4-7H,8,13H2,1-3H3,(H2,14,16). The summed E-state index contributed by atoms with van der Waals surface area (Å²) >= 11 is 0. The van der Waals surface area contributed by atoms with Crippen LogP contribution in [0, 0.1) is 0 Å². The van der Waals surface area contributed by atoms with Crippen molar-refractivity contribution in [3.8, 4) is 0 Å². The molecule has 0 bridgehead atoms. The normalized spacial score (nSPS) is 11.2. The first-order valence-electron chi connectivity index (χ1n) is 5.22. The van der Waals surface area contributed by atoms with E-state index < -0.39 is 6.03 Å². The molecule has 0 aliphatic carbocycles. The molecule has 4 N–H and O–H groups in total. The Morgan fingerprint density at radius 1 is 1.25 bits per heavy atom. The number of amides is 2. The van der Waals surface area contributed by atoms with E-state index in [1.54, 1.807) is 4.90 Å². The van der Waals surface area contributed by atoms with E-state index in [1.807, 2.05) is 45.0 Å². The first-order chi connectivity index (χ1) is 7.30. The number of hydrogen-bond donors (Lipinski definition) is 2. The molecule has 88 valence electrons. The summed E-state index contributed by atoms with van der Waals surface area (Å²) in [7, 11) is 0. The van der Waals surface area contributed by atoms with E-state index in [1.165, 1.54) is 0 Å². The lowest BCUT2D eigenvalue weighted by molar-refractivity contribution is 0.148. The van der Waals surface area contributed by atoms with Crippen molar-refractivity contribution in [1.29, 1.82) is 0 Å². The lowest BCUT2D eigenvalue weighted by Crippen LogP contribution is -2.47. The van der Waals surface area contributed by atoms with Gasteiger partial charge in [-0.15, -0.1) is 0 Å². The summed E-state index contributed by atoms with van der Waals surface area (Å²) in [6.07, 6.45) is 0. The van der Waals surface area contributed by atoms with Gasteiger partial charge in [0.05, 0.1) is 0 Å². The highest BCUT2D eigenvalue weighted by Gasteiger charge is 2.24. The van der Waals surface area contributed by atoms with E-state index in [0.717, 1.165) is 5.56 Å². The van der Waals surface area contributed by atoms with Gasteiger partial charge in [0.1, 0.15) is 0 Å². The molecule has 1 aromatic rings. The lowest BCUT2D eigenvalue weighted by Gasteiger charge is -2.34. The fraction of sp³-hybridized carbons (Fsp3) is 0.417. The van der Waals surface area contributed by atoms with Crippen LogP contribution < -0.4 is 11.5 Å². The fourth-order valence-corrected chi connectivity index (χ4v) is 1.45. The molecule has 4 nitrogen and oxygen atoms in total. The molecular weight excluding hydrogens is 202 g/mol. The van der Waals surface area contributed by atoms with Gasteiger partial charge in [0.15, 0.2) is 0 Å². The Bertz CT molecular complexity index is 365. The first-order valence-corrected chi connectivity index (χ1v) is 5.22. The van der Waals surface area contributed by atoms with Crippen LogP contribution in [0.25, 0.3) is 0 Å². The number of nitrogens with two attached hydrogens (primary N) is 2. The van der Waals surface area contributed by atoms with Gasteiger partial charge in [-0.3, -0.25) is 0 Å². The number of rotatable bonds is 2. The summed E-state index contributed by atoms with van der Waals surface area (Å²) in [6, 6.07) is 7.02. The van der Waals surface area contributed by atoms with Gasteiger partial charge in [0.25, 0.3) is 0 Å². The minimum Gasteiger partial charge on any atom is -0.399 e. The Hall–Kier alpha value is -1.71. The number of nitrogens with zero attached hydrogens (tertiary/aromatic N) is 1. The number of primary amides is 1. The zero-order valence-electron chi connectivity index (χ0n) is 10.0. The second-order valence-corrected chi connectivity index (χ2v) is 4.84. The van der Waals surface area contributed by atoms with Crippen molar-refractivity contribution in [1.82, 2.24) is 4.90 Å². The third kappa shape index (κ3) is 3.15. The van der Waals surface area contributed by atoms with Crippen LogP contribution in [0.1, 0.15) is 26.3 Å². The van der Waals surface area contributed by atoms with Gasteiger partial charge in [0.2, 0.25) is 0 Å². The van der Waals surface area contributed by atoms with Crippen LogP contribution in [0.5, 0.6) is 0 Å². The third-order valence-corrected chi connectivity index (χ3v) is 2.40. The lowest BCUT2D eigenvalue weighted by atomic mass is 10.1. The van der Waals surface area contributed by atoms with Crippen LogP contribution in [-0.2, 0) is 6.54 Å². The number of carbonyl (C=O) groups excluding carboxylic acids is 1. The summed E-state index contributed by atoms with van der Waals surface area (Å²) in [6.45, 7) is 6.36. The van der Waals surface area contributed by atoms with Crippen LogP contribution >= 0.6 is 0 Å². The maximum Gasteiger partial charge on any atom is 0.315 e. The minimum absolute atomic E-state index is 0.285. The zero-order valence-corrected chi connectivity index (χ0v) is 10.0. The topological polar surface area (TPSA) is 72.3 Å². The molecule has 2 amide bonds. The quantitative estimate of drug-likeness (QED) is 0.749. The highest BCUT2D eigenvalue weighted by Crippen LogP contribution is 2.17. The molecule has 0 aliphatic heterocycles. The predicted molar refractivity (Wildman–Crippen MR) is 65.7 cm³/mol. The van der Waals surface area contributed by atoms with Gasteiger partial charge in [-0.25, -0.2) is 4.79 Å². The van der Waals surface area contributed by atoms with E-state index in [2.05, 4.69) is 0 Å². The zero-order chi connectivity index (χ0) is 12.3. The number of anilines is 1. The number of urea groups is 1. The highest BCUT2D eigenvalue weighted by molar-refractivity contribution is 5.72. The van der Waals surface area contributed by atoms with Gasteiger partial charge in [-0.2, -0.15) is 0 Å². The molecular formula is C12H19N3O. The number of benzene rings is 1. The SMILES string of the molecule is CC(C)(C)N(Cc1ccc(N)cc1)C(N)=O. The van der Waals surface area contributed by atoms with Crippen molar-refractivity contribution >= 4 is 11.7 Å². The highest BCUT2D eigenvalue weighted by atomic mass is 16.2. The van der Waals surface area contributed by atoms with Gasteiger partial charge < -0.3 is 16.4 Å². The van der Waals surface area contributed by atoms with Crippen molar-refractivity contribution in [2.45, 2.75) is 32.9 Å². The van der Waals surface area contributed by atoms with E-state index in [9.17, 15) is 4.79 Å². The molecule has 0 aromatic heterocycles. The smallest absolute Gasteiger partial charge is 0.315 e. The summed E-state index contributed by atoms with van der Waals surface area (Å²) in [5, 5.41) is 0. The van der Waals surface area contributed by atoms with Crippen molar-refractivity contribution in [2.75, 3.05) is 5.73 Å². The Morgan fingerprint density at radius 3 is 2.12 bits per heavy atom. The second-order valence-electron chi connectivity index (χ2n) is 4.84. The molecule has 0 saturated carbocycles. The summed E-state index contributed by atoms with van der Waals surface area (Å²) < 4.78 is 0. The summed E-state index contributed by atoms with van der Waals surface area (Å²) in [5.41, 5.74) is 12.4. The molecule has 0 heterocycles. The monoisotopic (exact) mass is 221 g/mol. The van der Waals surface area contributed by atoms with Crippen LogP contribution in [0.3, 0.4) is 0 Å². The van der Waals surface area contributed by atoms with E-state index in [0.29, 0.717) is 12.2 Å². The van der Waals surface area contributed by atoms with E-state index in [-0.39, 0.29) is 5.54 Å². The van der Waals surface area contributed by atoms with Crippen LogP contribution in [-0.4, -0.2) is 16.5 Å². The molecule has 0 spiro atoms. The maximum atomic E-state index is 11.3. The van der Waals surface area contributed by atoms with Gasteiger partial charge in [-0.05, 0) is 38.5 Å². The Kier molecular flexibility index (Phi) is 3.42. The van der Waals surface area contributed by atoms with Crippen molar-refractivity contribution in [3.63, 3.8) is 0 Å². The molecule has 1 rings (SSSR count). The predicted octanol–water partition coefficient (Wildman–Crippen LogP) is 1.95. The second kappa shape index (κ2) is 4.43. The van der Waals surface area contributed by atoms with Gasteiger partial charge >= 0.3 is 6.03 Å². The fourth-order valence-electron chi connectivity index (χ4n) is 1.45. The molecule has 0 saturated heterocycles. The molecule has 4 heteroatoms. The van der Waals surface area contributed by atoms with Crippen LogP contribution in [0.15, 0.2) is 24.3 Å². The van der Waals surface area contributed by atoms with Crippen molar-refractivity contribution in [2.24, 2.45) is 5.73 Å². The Morgan fingerprint density at radius 2 is 1.75 bits per heavy atom. The molecule has 0 radical (unpaired) electrons. The van der Waals surface area contributed by atoms with Gasteiger partial charge in [0, 0.05) is 17.8 Å². The third-order valence-electron chi connectivity index (χ3n) is 2.40. The minimum atomic E-state index is -0.413. The summed E-state index contributed by atoms with van der Waals surface area (Å²) in [5.74, 6) is 0. The first kappa shape index (κ1) is 12.4. The molecule has 0 atom stereocenters. The average Bonchev–Trinajstić information content (AvgIpc) is 2.14. The summed E-state index contributed by atoms with van der Waals surface area (Å²) in [4.78, 5) is 13.0. The van der Waals surface area contributed by atoms with Crippen LogP contribution in [0.2, 0.25) is 0 Å². The van der Waals surface area contributed by atoms with Crippen molar-refractivity contribution in [3.05, 3.63) is 29.8 Å². The molecule has 1 aromatic carbocycles. The molecule has 0 unspecified atom stereocenters. The molecule has 0 fully saturated rings. The Balaban J connectivity index is 2.84. The molecule has 16 heavy (non-hydrogen) atoms. The number of nitrogen functional groups attached to an aromatic ring is 1. The maximum absolute atomic E-state index is 11.3. The largest absolute Gasteiger partial charge is 0.399 e. The van der Waals surface area contributed by atoms with Crippen molar-refractivity contribution < 1.29 is 4.79 Å². The molecule has 0 aliphatic rings. The van der Waals surface area contributed by atoms with Gasteiger partial charge in [-0.1, -0.05) is 12.1 Å². The number of carbonyl (C=O) groups is 1. The Labute approximate surface area is 96.2 Å².